The predicted octanol–water partition coefficient (Wildman–Crippen LogP) is 3.27. The zero-order chi connectivity index (χ0) is 15.4. The smallest absolute Gasteiger partial charge is 0.133 e. The van der Waals surface area contributed by atoms with E-state index in [1.54, 1.807) is 7.11 Å². The van der Waals surface area contributed by atoms with Crippen LogP contribution in [0.4, 0.5) is 0 Å². The van der Waals surface area contributed by atoms with Crippen molar-refractivity contribution in [1.29, 1.82) is 0 Å². The summed E-state index contributed by atoms with van der Waals surface area (Å²) < 4.78 is 8.08. The van der Waals surface area contributed by atoms with Crippen molar-refractivity contribution in [3.05, 3.63) is 34.1 Å². The van der Waals surface area contributed by atoms with Crippen LogP contribution in [0.25, 0.3) is 5.69 Å². The Hall–Kier alpha value is -1.40. The molecule has 1 atom stereocenters. The normalized spacial score (nSPS) is 12.4. The summed E-state index contributed by atoms with van der Waals surface area (Å²) in [6.45, 7) is 4.27. The van der Waals surface area contributed by atoms with Crippen LogP contribution >= 0.6 is 15.9 Å². The molecule has 1 N–H and O–H groups in total. The SMILES string of the molecule is CCc1c(C(CC)NC)nnn1-c1ccc(OC)c(Br)c1. The lowest BCUT2D eigenvalue weighted by molar-refractivity contribution is 0.412. The number of rotatable bonds is 6. The van der Waals surface area contributed by atoms with E-state index < -0.39 is 0 Å². The molecule has 21 heavy (non-hydrogen) atoms. The van der Waals surface area contributed by atoms with Gasteiger partial charge in [0.2, 0.25) is 0 Å². The van der Waals surface area contributed by atoms with Gasteiger partial charge < -0.3 is 10.1 Å². The molecule has 114 valence electrons. The molecule has 6 heteroatoms. The number of hydrogen-bond donors (Lipinski definition) is 1. The van der Waals surface area contributed by atoms with Gasteiger partial charge in [0, 0.05) is 0 Å². The molecule has 0 radical (unpaired) electrons. The van der Waals surface area contributed by atoms with E-state index >= 15 is 0 Å². The van der Waals surface area contributed by atoms with Gasteiger partial charge in [-0.1, -0.05) is 19.1 Å². The summed E-state index contributed by atoms with van der Waals surface area (Å²) in [7, 11) is 3.61. The average molecular weight is 353 g/mol. The van der Waals surface area contributed by atoms with Gasteiger partial charge in [0.05, 0.1) is 29.0 Å². The number of benzene rings is 1. The summed E-state index contributed by atoms with van der Waals surface area (Å²) in [6.07, 6.45) is 1.86. The first kappa shape index (κ1) is 16.0. The molecular formula is C15H21BrN4O. The number of hydrogen-bond acceptors (Lipinski definition) is 4. The summed E-state index contributed by atoms with van der Waals surface area (Å²) in [4.78, 5) is 0. The summed E-state index contributed by atoms with van der Waals surface area (Å²) in [5, 5.41) is 12.0. The molecule has 0 spiro atoms. The fraction of sp³-hybridized carbons (Fsp3) is 0.467. The molecule has 1 aromatic carbocycles. The van der Waals surface area contributed by atoms with Gasteiger partial charge >= 0.3 is 0 Å². The maximum absolute atomic E-state index is 5.27. The van der Waals surface area contributed by atoms with Crippen molar-refractivity contribution in [3.8, 4) is 11.4 Å². The van der Waals surface area contributed by atoms with Gasteiger partial charge in [-0.3, -0.25) is 0 Å². The Morgan fingerprint density at radius 1 is 1.38 bits per heavy atom. The van der Waals surface area contributed by atoms with Crippen LogP contribution in [0.3, 0.4) is 0 Å². The maximum atomic E-state index is 5.27. The summed E-state index contributed by atoms with van der Waals surface area (Å²) >= 11 is 3.52. The van der Waals surface area contributed by atoms with Crippen LogP contribution in [-0.4, -0.2) is 29.2 Å². The molecule has 2 aromatic rings. The van der Waals surface area contributed by atoms with Gasteiger partial charge in [-0.2, -0.15) is 0 Å². The Bertz CT molecular complexity index is 608. The highest BCUT2D eigenvalue weighted by atomic mass is 79.9. The molecule has 0 bridgehead atoms. The van der Waals surface area contributed by atoms with Crippen molar-refractivity contribution < 1.29 is 4.74 Å². The van der Waals surface area contributed by atoms with E-state index in [9.17, 15) is 0 Å². The molecule has 1 unspecified atom stereocenters. The lowest BCUT2D eigenvalue weighted by atomic mass is 10.1. The molecule has 0 fully saturated rings. The minimum atomic E-state index is 0.232. The second-order valence-corrected chi connectivity index (χ2v) is 5.61. The highest BCUT2D eigenvalue weighted by Crippen LogP contribution is 2.28. The van der Waals surface area contributed by atoms with Crippen molar-refractivity contribution in [1.82, 2.24) is 20.3 Å². The Morgan fingerprint density at radius 2 is 2.14 bits per heavy atom. The summed E-state index contributed by atoms with van der Waals surface area (Å²) in [5.74, 6) is 0.804. The van der Waals surface area contributed by atoms with E-state index in [0.717, 1.165) is 40.1 Å². The number of nitrogens with one attached hydrogen (secondary N) is 1. The van der Waals surface area contributed by atoms with Crippen molar-refractivity contribution in [2.75, 3.05) is 14.2 Å². The van der Waals surface area contributed by atoms with Crippen LogP contribution in [0.5, 0.6) is 5.75 Å². The lowest BCUT2D eigenvalue weighted by Gasteiger charge is -2.13. The third-order valence-electron chi connectivity index (χ3n) is 3.59. The predicted molar refractivity (Wildman–Crippen MR) is 87.1 cm³/mol. The highest BCUT2D eigenvalue weighted by Gasteiger charge is 2.19. The third kappa shape index (κ3) is 3.11. The van der Waals surface area contributed by atoms with Crippen LogP contribution in [0, 0.1) is 0 Å². The van der Waals surface area contributed by atoms with Gasteiger partial charge in [0.15, 0.2) is 0 Å². The summed E-state index contributed by atoms with van der Waals surface area (Å²) in [5.41, 5.74) is 3.13. The Morgan fingerprint density at radius 3 is 2.67 bits per heavy atom. The van der Waals surface area contributed by atoms with Crippen molar-refractivity contribution in [3.63, 3.8) is 0 Å². The molecule has 0 amide bonds. The Kier molecular flexibility index (Phi) is 5.36. The fourth-order valence-corrected chi connectivity index (χ4v) is 2.97. The highest BCUT2D eigenvalue weighted by molar-refractivity contribution is 9.10. The molecule has 1 aromatic heterocycles. The lowest BCUT2D eigenvalue weighted by Crippen LogP contribution is -2.17. The van der Waals surface area contributed by atoms with E-state index in [1.165, 1.54) is 0 Å². The van der Waals surface area contributed by atoms with E-state index in [4.69, 9.17) is 4.74 Å². The quantitative estimate of drug-likeness (QED) is 0.866. The molecule has 0 aliphatic heterocycles. The van der Waals surface area contributed by atoms with Crippen LogP contribution in [0.15, 0.2) is 22.7 Å². The second-order valence-electron chi connectivity index (χ2n) is 4.76. The largest absolute Gasteiger partial charge is 0.496 e. The molecule has 0 saturated carbocycles. The van der Waals surface area contributed by atoms with Crippen LogP contribution in [-0.2, 0) is 6.42 Å². The number of halogens is 1. The van der Waals surface area contributed by atoms with Gasteiger partial charge in [0.25, 0.3) is 0 Å². The zero-order valence-corrected chi connectivity index (χ0v) is 14.4. The third-order valence-corrected chi connectivity index (χ3v) is 4.21. The monoisotopic (exact) mass is 352 g/mol. The van der Waals surface area contributed by atoms with Gasteiger partial charge in [-0.25, -0.2) is 4.68 Å². The van der Waals surface area contributed by atoms with Crippen LogP contribution < -0.4 is 10.1 Å². The van der Waals surface area contributed by atoms with Gasteiger partial charge in [0.1, 0.15) is 11.4 Å². The van der Waals surface area contributed by atoms with Crippen molar-refractivity contribution in [2.45, 2.75) is 32.7 Å². The maximum Gasteiger partial charge on any atom is 0.133 e. The first-order valence-corrected chi connectivity index (χ1v) is 7.91. The Balaban J connectivity index is 2.47. The molecule has 0 aliphatic carbocycles. The number of ether oxygens (including phenoxy) is 1. The first-order chi connectivity index (χ1) is 10.2. The minimum Gasteiger partial charge on any atom is -0.496 e. The number of methoxy groups -OCH3 is 1. The Labute approximate surface area is 133 Å². The molecular weight excluding hydrogens is 332 g/mol. The van der Waals surface area contributed by atoms with E-state index in [-0.39, 0.29) is 6.04 Å². The standard InChI is InChI=1S/C15H21BrN4O/c1-5-12(17-3)15-13(6-2)20(19-18-15)10-7-8-14(21-4)11(16)9-10/h7-9,12,17H,5-6H2,1-4H3. The van der Waals surface area contributed by atoms with E-state index in [2.05, 4.69) is 45.4 Å². The van der Waals surface area contributed by atoms with Gasteiger partial charge in [-0.15, -0.1) is 5.10 Å². The minimum absolute atomic E-state index is 0.232. The zero-order valence-electron chi connectivity index (χ0n) is 12.9. The number of nitrogens with zero attached hydrogens (tertiary/aromatic N) is 3. The van der Waals surface area contributed by atoms with E-state index in [0.29, 0.717) is 0 Å². The van der Waals surface area contributed by atoms with Crippen molar-refractivity contribution >= 4 is 15.9 Å². The molecule has 5 nitrogen and oxygen atoms in total. The van der Waals surface area contributed by atoms with Crippen LogP contribution in [0.2, 0.25) is 0 Å². The van der Waals surface area contributed by atoms with Crippen molar-refractivity contribution in [2.24, 2.45) is 0 Å². The molecule has 2 rings (SSSR count). The van der Waals surface area contributed by atoms with E-state index in [1.807, 2.05) is 29.9 Å². The first-order valence-electron chi connectivity index (χ1n) is 7.11. The molecule has 1 heterocycles. The molecule has 0 aliphatic rings. The topological polar surface area (TPSA) is 52.0 Å². The fourth-order valence-electron chi connectivity index (χ4n) is 2.44. The summed E-state index contributed by atoms with van der Waals surface area (Å²) in [6, 6.07) is 6.14. The van der Waals surface area contributed by atoms with Gasteiger partial charge in [-0.05, 0) is 54.0 Å². The van der Waals surface area contributed by atoms with Crippen LogP contribution in [0.1, 0.15) is 37.7 Å². The number of aromatic nitrogens is 3. The second kappa shape index (κ2) is 7.04. The average Bonchev–Trinajstić information content (AvgIpc) is 2.92. The molecule has 0 saturated heterocycles.